The van der Waals surface area contributed by atoms with Crippen LogP contribution >= 0.6 is 11.3 Å². The van der Waals surface area contributed by atoms with Crippen LogP contribution < -0.4 is 11.1 Å². The van der Waals surface area contributed by atoms with Gasteiger partial charge in [-0.25, -0.2) is 4.98 Å². The first kappa shape index (κ1) is 13.4. The molecule has 1 fully saturated rings. The summed E-state index contributed by atoms with van der Waals surface area (Å²) in [5.41, 5.74) is 7.79. The van der Waals surface area contributed by atoms with Crippen molar-refractivity contribution in [2.75, 3.05) is 5.73 Å². The number of rotatable bonds is 2. The maximum atomic E-state index is 12.4. The average Bonchev–Trinajstić information content (AvgIpc) is 2.95. The lowest BCUT2D eigenvalue weighted by molar-refractivity contribution is 0.0942. The Bertz CT molecular complexity index is 664. The van der Waals surface area contributed by atoms with Gasteiger partial charge in [0, 0.05) is 17.6 Å². The number of amides is 1. The third kappa shape index (κ3) is 2.26. The number of hydrogen-bond donors (Lipinski definition) is 2. The Kier molecular flexibility index (Phi) is 3.38. The molecule has 1 saturated carbocycles. The highest BCUT2D eigenvalue weighted by Gasteiger charge is 2.25. The molecular weight excluding hydrogens is 270 g/mol. The molecule has 3 N–H and O–H groups in total. The number of thiophene rings is 1. The van der Waals surface area contributed by atoms with Gasteiger partial charge in [-0.15, -0.1) is 11.3 Å². The first-order valence-corrected chi connectivity index (χ1v) is 7.82. The molecule has 20 heavy (non-hydrogen) atoms. The van der Waals surface area contributed by atoms with Crippen LogP contribution in [0.4, 0.5) is 5.69 Å². The lowest BCUT2D eigenvalue weighted by Gasteiger charge is -2.11. The second-order valence-electron chi connectivity index (χ2n) is 5.74. The molecule has 2 atom stereocenters. The van der Waals surface area contributed by atoms with Crippen LogP contribution in [-0.4, -0.2) is 16.9 Å². The molecular formula is C15H19N3OS. The van der Waals surface area contributed by atoms with Crippen LogP contribution in [-0.2, 0) is 0 Å². The molecule has 0 radical (unpaired) electrons. The number of fused-ring (bicyclic) bond motifs is 1. The van der Waals surface area contributed by atoms with Crippen molar-refractivity contribution >= 4 is 33.1 Å². The molecule has 0 aliphatic heterocycles. The molecule has 1 aliphatic carbocycles. The second-order valence-corrected chi connectivity index (χ2v) is 6.74. The van der Waals surface area contributed by atoms with E-state index in [2.05, 4.69) is 17.2 Å². The molecule has 0 saturated heterocycles. The van der Waals surface area contributed by atoms with Gasteiger partial charge in [0.1, 0.15) is 9.71 Å². The predicted molar refractivity (Wildman–Crippen MR) is 83.0 cm³/mol. The largest absolute Gasteiger partial charge is 0.397 e. The van der Waals surface area contributed by atoms with E-state index in [9.17, 15) is 4.79 Å². The minimum atomic E-state index is -0.0519. The number of nitrogens with zero attached hydrogens (tertiary/aromatic N) is 1. The van der Waals surface area contributed by atoms with E-state index >= 15 is 0 Å². The van der Waals surface area contributed by atoms with Crippen LogP contribution in [0, 0.1) is 12.8 Å². The quantitative estimate of drug-likeness (QED) is 0.892. The highest BCUT2D eigenvalue weighted by Crippen LogP contribution is 2.34. The molecule has 2 heterocycles. The van der Waals surface area contributed by atoms with Crippen molar-refractivity contribution in [1.29, 1.82) is 0 Å². The van der Waals surface area contributed by atoms with Gasteiger partial charge >= 0.3 is 0 Å². The Balaban J connectivity index is 1.88. The third-order valence-electron chi connectivity index (χ3n) is 4.07. The van der Waals surface area contributed by atoms with Crippen molar-refractivity contribution < 1.29 is 4.79 Å². The van der Waals surface area contributed by atoms with Crippen molar-refractivity contribution in [2.24, 2.45) is 5.92 Å². The summed E-state index contributed by atoms with van der Waals surface area (Å²) >= 11 is 1.38. The van der Waals surface area contributed by atoms with Crippen molar-refractivity contribution in [3.05, 3.63) is 22.7 Å². The number of nitrogens with two attached hydrogens (primary N) is 1. The summed E-state index contributed by atoms with van der Waals surface area (Å²) < 4.78 is 0. The minimum absolute atomic E-state index is 0.0519. The molecule has 2 aromatic heterocycles. The Hall–Kier alpha value is -1.62. The van der Waals surface area contributed by atoms with Crippen molar-refractivity contribution in [2.45, 2.75) is 39.2 Å². The zero-order valence-corrected chi connectivity index (χ0v) is 12.6. The van der Waals surface area contributed by atoms with Crippen LogP contribution in [0.5, 0.6) is 0 Å². The van der Waals surface area contributed by atoms with E-state index in [1.54, 1.807) is 6.20 Å². The Morgan fingerprint density at radius 1 is 1.50 bits per heavy atom. The number of nitrogen functional groups attached to an aromatic ring is 1. The van der Waals surface area contributed by atoms with E-state index in [1.165, 1.54) is 17.8 Å². The Morgan fingerprint density at radius 2 is 2.30 bits per heavy atom. The fraction of sp³-hybridized carbons (Fsp3) is 0.467. The molecule has 0 bridgehead atoms. The fourth-order valence-electron chi connectivity index (χ4n) is 2.96. The molecule has 2 unspecified atom stereocenters. The standard InChI is InChI=1S/C15H19N3OS/c1-8-3-4-10(7-8)18-14(19)13-12(16)11-9(2)5-6-17-15(11)20-13/h5-6,8,10H,3-4,7,16H2,1-2H3,(H,18,19). The maximum absolute atomic E-state index is 12.4. The topological polar surface area (TPSA) is 68.0 Å². The Morgan fingerprint density at radius 3 is 2.95 bits per heavy atom. The number of carbonyl (C=O) groups excluding carboxylic acids is 1. The Labute approximate surface area is 122 Å². The summed E-state index contributed by atoms with van der Waals surface area (Å²) in [7, 11) is 0. The van der Waals surface area contributed by atoms with Crippen molar-refractivity contribution in [1.82, 2.24) is 10.3 Å². The SMILES string of the molecule is Cc1ccnc2sc(C(=O)NC3CCC(C)C3)c(N)c12. The zero-order chi connectivity index (χ0) is 14.3. The van der Waals surface area contributed by atoms with Gasteiger partial charge in [-0.3, -0.25) is 4.79 Å². The average molecular weight is 289 g/mol. The van der Waals surface area contributed by atoms with Gasteiger partial charge < -0.3 is 11.1 Å². The third-order valence-corrected chi connectivity index (χ3v) is 5.19. The normalized spacial score (nSPS) is 22.3. The van der Waals surface area contributed by atoms with Gasteiger partial charge in [0.05, 0.1) is 5.69 Å². The molecule has 0 aromatic carbocycles. The van der Waals surface area contributed by atoms with Gasteiger partial charge in [-0.05, 0) is 43.7 Å². The lowest BCUT2D eigenvalue weighted by atomic mass is 10.1. The van der Waals surface area contributed by atoms with Gasteiger partial charge in [0.15, 0.2) is 0 Å². The minimum Gasteiger partial charge on any atom is -0.397 e. The van der Waals surface area contributed by atoms with Gasteiger partial charge in [-0.2, -0.15) is 0 Å². The molecule has 4 nitrogen and oxygen atoms in total. The summed E-state index contributed by atoms with van der Waals surface area (Å²) in [5.74, 6) is 0.646. The number of aryl methyl sites for hydroxylation is 1. The maximum Gasteiger partial charge on any atom is 0.263 e. The number of anilines is 1. The van der Waals surface area contributed by atoms with E-state index in [-0.39, 0.29) is 11.9 Å². The number of pyridine rings is 1. The molecule has 106 valence electrons. The summed E-state index contributed by atoms with van der Waals surface area (Å²) in [5, 5.41) is 4.03. The molecule has 3 rings (SSSR count). The number of nitrogens with one attached hydrogen (secondary N) is 1. The molecule has 1 aliphatic rings. The predicted octanol–water partition coefficient (Wildman–Crippen LogP) is 3.11. The van der Waals surface area contributed by atoms with Crippen molar-refractivity contribution in [3.8, 4) is 0 Å². The highest BCUT2D eigenvalue weighted by atomic mass is 32.1. The van der Waals surface area contributed by atoms with E-state index in [0.717, 1.165) is 28.6 Å². The first-order chi connectivity index (χ1) is 9.56. The van der Waals surface area contributed by atoms with E-state index in [0.29, 0.717) is 16.5 Å². The zero-order valence-electron chi connectivity index (χ0n) is 11.8. The summed E-state index contributed by atoms with van der Waals surface area (Å²) in [4.78, 5) is 18.1. The number of aromatic nitrogens is 1. The summed E-state index contributed by atoms with van der Waals surface area (Å²) in [6.07, 6.45) is 5.07. The smallest absolute Gasteiger partial charge is 0.263 e. The van der Waals surface area contributed by atoms with Gasteiger partial charge in [-0.1, -0.05) is 6.92 Å². The fourth-order valence-corrected chi connectivity index (χ4v) is 4.00. The lowest BCUT2D eigenvalue weighted by Crippen LogP contribution is -2.32. The molecule has 2 aromatic rings. The van der Waals surface area contributed by atoms with Crippen LogP contribution in [0.25, 0.3) is 10.2 Å². The van der Waals surface area contributed by atoms with Crippen LogP contribution in [0.3, 0.4) is 0 Å². The molecule has 5 heteroatoms. The summed E-state index contributed by atoms with van der Waals surface area (Å²) in [6, 6.07) is 2.21. The van der Waals surface area contributed by atoms with Gasteiger partial charge in [0.2, 0.25) is 0 Å². The first-order valence-electron chi connectivity index (χ1n) is 7.00. The van der Waals surface area contributed by atoms with E-state index in [4.69, 9.17) is 5.73 Å². The summed E-state index contributed by atoms with van der Waals surface area (Å²) in [6.45, 7) is 4.22. The second kappa shape index (κ2) is 5.05. The number of carbonyl (C=O) groups is 1. The van der Waals surface area contributed by atoms with E-state index in [1.807, 2.05) is 13.0 Å². The van der Waals surface area contributed by atoms with Crippen molar-refractivity contribution in [3.63, 3.8) is 0 Å². The molecule has 0 spiro atoms. The van der Waals surface area contributed by atoms with E-state index < -0.39 is 0 Å². The molecule has 1 amide bonds. The van der Waals surface area contributed by atoms with Gasteiger partial charge in [0.25, 0.3) is 5.91 Å². The van der Waals surface area contributed by atoms with Crippen LogP contribution in [0.15, 0.2) is 12.3 Å². The van der Waals surface area contributed by atoms with Crippen LogP contribution in [0.2, 0.25) is 0 Å². The highest BCUT2D eigenvalue weighted by molar-refractivity contribution is 7.21. The monoisotopic (exact) mass is 289 g/mol. The van der Waals surface area contributed by atoms with Crippen LogP contribution in [0.1, 0.15) is 41.4 Å². The number of hydrogen-bond acceptors (Lipinski definition) is 4.